The fourth-order valence-electron chi connectivity index (χ4n) is 1.51. The van der Waals surface area contributed by atoms with E-state index in [-0.39, 0.29) is 18.6 Å². The van der Waals surface area contributed by atoms with Crippen LogP contribution in [0, 0.1) is 6.92 Å². The smallest absolute Gasteiger partial charge is 0.325 e. The number of anilines is 1. The number of methoxy groups -OCH3 is 1. The summed E-state index contributed by atoms with van der Waals surface area (Å²) in [4.78, 5) is 13.3. The normalized spacial score (nSPS) is 10.3. The van der Waals surface area contributed by atoms with Gasteiger partial charge in [-0.3, -0.25) is 4.79 Å². The number of carbonyl (C=O) groups excluding carboxylic acids is 1. The number of carbonyl (C=O) groups is 1. The zero-order chi connectivity index (χ0) is 12.1. The number of benzene rings is 1. The van der Waals surface area contributed by atoms with E-state index < -0.39 is 0 Å². The molecule has 3 nitrogen and oxygen atoms in total. The molecule has 88 valence electrons. The van der Waals surface area contributed by atoms with Crippen LogP contribution in [0.15, 0.2) is 24.3 Å². The highest BCUT2D eigenvalue weighted by Crippen LogP contribution is 2.17. The number of esters is 1. The highest BCUT2D eigenvalue weighted by molar-refractivity contribution is 5.75. The molecule has 3 heteroatoms. The van der Waals surface area contributed by atoms with E-state index in [0.29, 0.717) is 0 Å². The van der Waals surface area contributed by atoms with Crippen LogP contribution in [-0.2, 0) is 9.53 Å². The van der Waals surface area contributed by atoms with Gasteiger partial charge in [-0.1, -0.05) is 17.7 Å². The van der Waals surface area contributed by atoms with Crippen molar-refractivity contribution >= 4 is 11.7 Å². The number of rotatable bonds is 4. The van der Waals surface area contributed by atoms with Crippen molar-refractivity contribution in [3.63, 3.8) is 0 Å². The Morgan fingerprint density at radius 1 is 1.31 bits per heavy atom. The Hall–Kier alpha value is -1.51. The van der Waals surface area contributed by atoms with E-state index in [9.17, 15) is 4.79 Å². The van der Waals surface area contributed by atoms with E-state index in [4.69, 9.17) is 4.74 Å². The predicted molar refractivity (Wildman–Crippen MR) is 65.7 cm³/mol. The first-order valence-electron chi connectivity index (χ1n) is 5.44. The topological polar surface area (TPSA) is 29.5 Å². The summed E-state index contributed by atoms with van der Waals surface area (Å²) in [5, 5.41) is 0. The van der Waals surface area contributed by atoms with E-state index >= 15 is 0 Å². The van der Waals surface area contributed by atoms with Gasteiger partial charge in [0.2, 0.25) is 0 Å². The lowest BCUT2D eigenvalue weighted by atomic mass is 10.2. The largest absolute Gasteiger partial charge is 0.468 e. The molecule has 0 atom stereocenters. The van der Waals surface area contributed by atoms with E-state index in [2.05, 4.69) is 13.8 Å². The second-order valence-corrected chi connectivity index (χ2v) is 4.13. The van der Waals surface area contributed by atoms with Crippen molar-refractivity contribution in [1.29, 1.82) is 0 Å². The molecule has 1 aromatic rings. The van der Waals surface area contributed by atoms with Crippen LogP contribution in [0.5, 0.6) is 0 Å². The summed E-state index contributed by atoms with van der Waals surface area (Å²) in [6.45, 7) is 6.45. The van der Waals surface area contributed by atoms with Crippen molar-refractivity contribution in [3.8, 4) is 0 Å². The fourth-order valence-corrected chi connectivity index (χ4v) is 1.51. The van der Waals surface area contributed by atoms with Crippen molar-refractivity contribution in [1.82, 2.24) is 0 Å². The summed E-state index contributed by atoms with van der Waals surface area (Å²) < 4.78 is 4.70. The standard InChI is InChI=1S/C13H19NO2/c1-10(2)14(9-13(15)16-4)12-7-5-11(3)6-8-12/h5-8,10H,9H2,1-4H3. The van der Waals surface area contributed by atoms with Gasteiger partial charge in [-0.05, 0) is 32.9 Å². The Bertz CT molecular complexity index is 343. The second kappa shape index (κ2) is 5.54. The maximum absolute atomic E-state index is 11.3. The highest BCUT2D eigenvalue weighted by Gasteiger charge is 2.14. The van der Waals surface area contributed by atoms with Gasteiger partial charge in [-0.2, -0.15) is 0 Å². The highest BCUT2D eigenvalue weighted by atomic mass is 16.5. The number of hydrogen-bond acceptors (Lipinski definition) is 3. The SMILES string of the molecule is COC(=O)CN(c1ccc(C)cc1)C(C)C. The lowest BCUT2D eigenvalue weighted by Gasteiger charge is -2.27. The Labute approximate surface area is 97.0 Å². The molecule has 0 fully saturated rings. The number of hydrogen-bond donors (Lipinski definition) is 0. The van der Waals surface area contributed by atoms with E-state index in [0.717, 1.165) is 5.69 Å². The van der Waals surface area contributed by atoms with Crippen LogP contribution in [0.2, 0.25) is 0 Å². The lowest BCUT2D eigenvalue weighted by molar-refractivity contribution is -0.139. The molecule has 0 radical (unpaired) electrons. The molecule has 0 saturated heterocycles. The Morgan fingerprint density at radius 2 is 1.88 bits per heavy atom. The monoisotopic (exact) mass is 221 g/mol. The van der Waals surface area contributed by atoms with E-state index in [1.165, 1.54) is 12.7 Å². The van der Waals surface area contributed by atoms with Crippen LogP contribution in [0.3, 0.4) is 0 Å². The van der Waals surface area contributed by atoms with Gasteiger partial charge in [-0.15, -0.1) is 0 Å². The zero-order valence-corrected chi connectivity index (χ0v) is 10.4. The van der Waals surface area contributed by atoms with Gasteiger partial charge in [0, 0.05) is 11.7 Å². The first-order chi connectivity index (χ1) is 7.54. The average molecular weight is 221 g/mol. The molecule has 16 heavy (non-hydrogen) atoms. The van der Waals surface area contributed by atoms with Crippen LogP contribution in [-0.4, -0.2) is 25.7 Å². The summed E-state index contributed by atoms with van der Waals surface area (Å²) in [5.74, 6) is -0.214. The number of nitrogens with zero attached hydrogens (tertiary/aromatic N) is 1. The van der Waals surface area contributed by atoms with Crippen LogP contribution < -0.4 is 4.90 Å². The van der Waals surface area contributed by atoms with Crippen LogP contribution in [0.4, 0.5) is 5.69 Å². The molecular weight excluding hydrogens is 202 g/mol. The first-order valence-corrected chi connectivity index (χ1v) is 5.44. The summed E-state index contributed by atoms with van der Waals surface area (Å²) in [5.41, 5.74) is 2.26. The molecule has 0 saturated carbocycles. The third-order valence-electron chi connectivity index (χ3n) is 2.52. The van der Waals surface area contributed by atoms with Gasteiger partial charge >= 0.3 is 5.97 Å². The minimum Gasteiger partial charge on any atom is -0.468 e. The van der Waals surface area contributed by atoms with Crippen LogP contribution >= 0.6 is 0 Å². The maximum Gasteiger partial charge on any atom is 0.325 e. The third kappa shape index (κ3) is 3.26. The van der Waals surface area contributed by atoms with Crippen LogP contribution in [0.25, 0.3) is 0 Å². The van der Waals surface area contributed by atoms with Crippen molar-refractivity contribution in [3.05, 3.63) is 29.8 Å². The average Bonchev–Trinajstić information content (AvgIpc) is 2.26. The maximum atomic E-state index is 11.3. The van der Waals surface area contributed by atoms with E-state index in [1.807, 2.05) is 36.1 Å². The summed E-state index contributed by atoms with van der Waals surface area (Å²) >= 11 is 0. The molecule has 0 bridgehead atoms. The summed E-state index contributed by atoms with van der Waals surface area (Å²) in [6, 6.07) is 8.40. The Morgan fingerprint density at radius 3 is 2.31 bits per heavy atom. The second-order valence-electron chi connectivity index (χ2n) is 4.13. The van der Waals surface area contributed by atoms with Gasteiger partial charge in [0.05, 0.1) is 7.11 Å². The quantitative estimate of drug-likeness (QED) is 0.731. The van der Waals surface area contributed by atoms with E-state index in [1.54, 1.807) is 0 Å². The first kappa shape index (κ1) is 12.6. The summed E-state index contributed by atoms with van der Waals surface area (Å²) in [7, 11) is 1.41. The van der Waals surface area contributed by atoms with Crippen molar-refractivity contribution in [2.24, 2.45) is 0 Å². The number of ether oxygens (including phenoxy) is 1. The molecule has 0 aliphatic rings. The molecule has 0 aromatic heterocycles. The molecule has 0 aliphatic heterocycles. The molecule has 0 N–H and O–H groups in total. The summed E-state index contributed by atoms with van der Waals surface area (Å²) in [6.07, 6.45) is 0. The molecule has 0 unspecified atom stereocenters. The molecule has 0 aliphatic carbocycles. The minimum atomic E-state index is -0.214. The molecule has 1 rings (SSSR count). The van der Waals surface area contributed by atoms with Crippen molar-refractivity contribution < 1.29 is 9.53 Å². The molecule has 0 amide bonds. The lowest BCUT2D eigenvalue weighted by Crippen LogP contribution is -2.36. The van der Waals surface area contributed by atoms with Crippen molar-refractivity contribution in [2.75, 3.05) is 18.6 Å². The zero-order valence-electron chi connectivity index (χ0n) is 10.4. The molecule has 0 spiro atoms. The van der Waals surface area contributed by atoms with Gasteiger partial charge in [0.25, 0.3) is 0 Å². The third-order valence-corrected chi connectivity index (χ3v) is 2.52. The number of aryl methyl sites for hydroxylation is 1. The van der Waals surface area contributed by atoms with Crippen LogP contribution in [0.1, 0.15) is 19.4 Å². The molecule has 1 aromatic carbocycles. The van der Waals surface area contributed by atoms with Gasteiger partial charge in [0.1, 0.15) is 6.54 Å². The van der Waals surface area contributed by atoms with Gasteiger partial charge in [-0.25, -0.2) is 0 Å². The van der Waals surface area contributed by atoms with Crippen molar-refractivity contribution in [2.45, 2.75) is 26.8 Å². The Kier molecular flexibility index (Phi) is 4.35. The van der Waals surface area contributed by atoms with Gasteiger partial charge < -0.3 is 9.64 Å². The predicted octanol–water partition coefficient (Wildman–Crippen LogP) is 2.38. The van der Waals surface area contributed by atoms with Gasteiger partial charge in [0.15, 0.2) is 0 Å². The molecule has 0 heterocycles. The Balaban J connectivity index is 2.85. The minimum absolute atomic E-state index is 0.214. The molecular formula is C13H19NO2. The fraction of sp³-hybridized carbons (Fsp3) is 0.462.